The molecule has 1 fully saturated rings. The standard InChI is InChI=1S/C22H27N3O2/c1-17-16-19(25-14-12-24(2)13-15-25)8-9-20(17)23-22(27)11-10-21(26)18-6-4-3-5-7-18/h3-9,16H,10-15H2,1-2H3,(H,23,27). The summed E-state index contributed by atoms with van der Waals surface area (Å²) in [5.41, 5.74) is 3.69. The second-order valence-corrected chi connectivity index (χ2v) is 7.13. The predicted octanol–water partition coefficient (Wildman–Crippen LogP) is 3.35. The van der Waals surface area contributed by atoms with Gasteiger partial charge in [0, 0.05) is 56.0 Å². The van der Waals surface area contributed by atoms with E-state index in [9.17, 15) is 9.59 Å². The summed E-state index contributed by atoms with van der Waals surface area (Å²) in [6.07, 6.45) is 0.404. The molecule has 2 aromatic carbocycles. The number of benzene rings is 2. The zero-order valence-corrected chi connectivity index (χ0v) is 16.1. The fourth-order valence-electron chi connectivity index (χ4n) is 3.26. The van der Waals surface area contributed by atoms with Gasteiger partial charge in [-0.15, -0.1) is 0 Å². The van der Waals surface area contributed by atoms with Crippen LogP contribution >= 0.6 is 0 Å². The van der Waals surface area contributed by atoms with Crippen molar-refractivity contribution in [1.29, 1.82) is 0 Å². The van der Waals surface area contributed by atoms with E-state index in [1.54, 1.807) is 12.1 Å². The molecular weight excluding hydrogens is 338 g/mol. The Morgan fingerprint density at radius 1 is 0.963 bits per heavy atom. The molecule has 0 saturated carbocycles. The van der Waals surface area contributed by atoms with Crippen LogP contribution in [0.4, 0.5) is 11.4 Å². The number of Topliss-reactive ketones (excluding diaryl/α,β-unsaturated/α-hetero) is 1. The van der Waals surface area contributed by atoms with E-state index in [1.807, 2.05) is 31.2 Å². The van der Waals surface area contributed by atoms with Crippen LogP contribution in [-0.2, 0) is 4.79 Å². The molecule has 1 amide bonds. The van der Waals surface area contributed by atoms with Gasteiger partial charge < -0.3 is 15.1 Å². The normalized spacial score (nSPS) is 14.8. The van der Waals surface area contributed by atoms with Gasteiger partial charge in [0.05, 0.1) is 0 Å². The molecule has 0 atom stereocenters. The van der Waals surface area contributed by atoms with Crippen molar-refractivity contribution in [2.75, 3.05) is 43.4 Å². The SMILES string of the molecule is Cc1cc(N2CCN(C)CC2)ccc1NC(=O)CCC(=O)c1ccccc1. The first-order chi connectivity index (χ1) is 13.0. The molecule has 1 N–H and O–H groups in total. The first-order valence-electron chi connectivity index (χ1n) is 9.45. The Hall–Kier alpha value is -2.66. The molecule has 142 valence electrons. The lowest BCUT2D eigenvalue weighted by Crippen LogP contribution is -2.44. The van der Waals surface area contributed by atoms with Crippen LogP contribution in [0.25, 0.3) is 0 Å². The van der Waals surface area contributed by atoms with Crippen molar-refractivity contribution in [3.8, 4) is 0 Å². The molecule has 2 aromatic rings. The Bertz CT molecular complexity index is 796. The molecule has 1 heterocycles. The lowest BCUT2D eigenvalue weighted by molar-refractivity contribution is -0.116. The number of aryl methyl sites for hydroxylation is 1. The summed E-state index contributed by atoms with van der Waals surface area (Å²) in [5.74, 6) is -0.136. The number of carbonyl (C=O) groups excluding carboxylic acids is 2. The van der Waals surface area contributed by atoms with Crippen molar-refractivity contribution in [1.82, 2.24) is 4.90 Å². The average Bonchev–Trinajstić information content (AvgIpc) is 2.69. The van der Waals surface area contributed by atoms with Crippen LogP contribution in [0.5, 0.6) is 0 Å². The van der Waals surface area contributed by atoms with E-state index >= 15 is 0 Å². The van der Waals surface area contributed by atoms with E-state index in [0.717, 1.165) is 37.4 Å². The van der Waals surface area contributed by atoms with Gasteiger partial charge in [0.2, 0.25) is 5.91 Å². The number of hydrogen-bond acceptors (Lipinski definition) is 4. The summed E-state index contributed by atoms with van der Waals surface area (Å²) in [6.45, 7) is 6.16. The minimum absolute atomic E-state index is 0.00659. The van der Waals surface area contributed by atoms with Crippen molar-refractivity contribution in [2.24, 2.45) is 0 Å². The van der Waals surface area contributed by atoms with Crippen molar-refractivity contribution < 1.29 is 9.59 Å². The van der Waals surface area contributed by atoms with Gasteiger partial charge >= 0.3 is 0 Å². The first kappa shape index (κ1) is 19.1. The highest BCUT2D eigenvalue weighted by Crippen LogP contribution is 2.24. The number of anilines is 2. The molecule has 0 spiro atoms. The summed E-state index contributed by atoms with van der Waals surface area (Å²) in [6, 6.07) is 15.2. The molecule has 1 aliphatic heterocycles. The van der Waals surface area contributed by atoms with Crippen molar-refractivity contribution in [3.63, 3.8) is 0 Å². The van der Waals surface area contributed by atoms with Gasteiger partial charge in [-0.3, -0.25) is 9.59 Å². The molecule has 27 heavy (non-hydrogen) atoms. The van der Waals surface area contributed by atoms with Gasteiger partial charge in [0.25, 0.3) is 0 Å². The van der Waals surface area contributed by atoms with Gasteiger partial charge in [-0.2, -0.15) is 0 Å². The number of amides is 1. The van der Waals surface area contributed by atoms with Crippen molar-refractivity contribution in [2.45, 2.75) is 19.8 Å². The summed E-state index contributed by atoms with van der Waals surface area (Å²) in [5, 5.41) is 2.94. The van der Waals surface area contributed by atoms with Gasteiger partial charge in [-0.1, -0.05) is 30.3 Å². The number of nitrogens with zero attached hydrogens (tertiary/aromatic N) is 2. The highest BCUT2D eigenvalue weighted by molar-refractivity contribution is 6.00. The van der Waals surface area contributed by atoms with E-state index in [-0.39, 0.29) is 24.5 Å². The monoisotopic (exact) mass is 365 g/mol. The predicted molar refractivity (Wildman–Crippen MR) is 110 cm³/mol. The largest absolute Gasteiger partial charge is 0.369 e. The molecule has 0 aliphatic carbocycles. The zero-order valence-electron chi connectivity index (χ0n) is 16.1. The van der Waals surface area contributed by atoms with Gasteiger partial charge in [0.15, 0.2) is 5.78 Å². The fourth-order valence-corrected chi connectivity index (χ4v) is 3.26. The van der Waals surface area contributed by atoms with E-state index in [2.05, 4.69) is 34.3 Å². The molecular formula is C22H27N3O2. The van der Waals surface area contributed by atoms with E-state index in [1.165, 1.54) is 5.69 Å². The highest BCUT2D eigenvalue weighted by atomic mass is 16.2. The number of hydrogen-bond donors (Lipinski definition) is 1. The van der Waals surface area contributed by atoms with Crippen LogP contribution in [0.3, 0.4) is 0 Å². The number of ketones is 1. The number of carbonyl (C=O) groups is 2. The molecule has 0 unspecified atom stereocenters. The third-order valence-corrected chi connectivity index (χ3v) is 5.03. The maximum Gasteiger partial charge on any atom is 0.224 e. The smallest absolute Gasteiger partial charge is 0.224 e. The molecule has 1 aliphatic rings. The Morgan fingerprint density at radius 2 is 1.67 bits per heavy atom. The molecule has 5 heteroatoms. The van der Waals surface area contributed by atoms with Crippen LogP contribution in [0.15, 0.2) is 48.5 Å². The summed E-state index contributed by atoms with van der Waals surface area (Å²) >= 11 is 0. The third-order valence-electron chi connectivity index (χ3n) is 5.03. The summed E-state index contributed by atoms with van der Waals surface area (Å²) < 4.78 is 0. The highest BCUT2D eigenvalue weighted by Gasteiger charge is 2.15. The number of rotatable bonds is 6. The Morgan fingerprint density at radius 3 is 2.33 bits per heavy atom. The Kier molecular flexibility index (Phi) is 6.24. The fraction of sp³-hybridized carbons (Fsp3) is 0.364. The zero-order chi connectivity index (χ0) is 19.2. The first-order valence-corrected chi connectivity index (χ1v) is 9.45. The third kappa shape index (κ3) is 5.17. The average molecular weight is 365 g/mol. The van der Waals surface area contributed by atoms with Gasteiger partial charge in [-0.05, 0) is 37.7 Å². The number of piperazine rings is 1. The quantitative estimate of drug-likeness (QED) is 0.798. The van der Waals surface area contributed by atoms with E-state index in [4.69, 9.17) is 0 Å². The Balaban J connectivity index is 1.54. The molecule has 0 radical (unpaired) electrons. The number of nitrogens with one attached hydrogen (secondary N) is 1. The Labute approximate surface area is 161 Å². The van der Waals surface area contributed by atoms with E-state index in [0.29, 0.717) is 5.56 Å². The van der Waals surface area contributed by atoms with Crippen LogP contribution in [-0.4, -0.2) is 49.8 Å². The summed E-state index contributed by atoms with van der Waals surface area (Å²) in [7, 11) is 2.14. The lowest BCUT2D eigenvalue weighted by Gasteiger charge is -2.34. The van der Waals surface area contributed by atoms with Crippen LogP contribution in [0.1, 0.15) is 28.8 Å². The van der Waals surface area contributed by atoms with Crippen molar-refractivity contribution in [3.05, 3.63) is 59.7 Å². The van der Waals surface area contributed by atoms with Gasteiger partial charge in [-0.25, -0.2) is 0 Å². The second kappa shape index (κ2) is 8.82. The maximum absolute atomic E-state index is 12.2. The minimum atomic E-state index is -0.130. The number of likely N-dealkylation sites (N-methyl/N-ethyl adjacent to an activating group) is 1. The van der Waals surface area contributed by atoms with Crippen molar-refractivity contribution >= 4 is 23.1 Å². The van der Waals surface area contributed by atoms with Crippen LogP contribution in [0.2, 0.25) is 0 Å². The lowest BCUT2D eigenvalue weighted by atomic mass is 10.1. The topological polar surface area (TPSA) is 52.6 Å². The van der Waals surface area contributed by atoms with Crippen LogP contribution in [0, 0.1) is 6.92 Å². The minimum Gasteiger partial charge on any atom is -0.369 e. The summed E-state index contributed by atoms with van der Waals surface area (Å²) in [4.78, 5) is 29.1. The van der Waals surface area contributed by atoms with Crippen LogP contribution < -0.4 is 10.2 Å². The molecule has 0 bridgehead atoms. The second-order valence-electron chi connectivity index (χ2n) is 7.13. The van der Waals surface area contributed by atoms with E-state index < -0.39 is 0 Å². The van der Waals surface area contributed by atoms with Gasteiger partial charge in [0.1, 0.15) is 0 Å². The maximum atomic E-state index is 12.2. The molecule has 3 rings (SSSR count). The molecule has 1 saturated heterocycles. The molecule has 0 aromatic heterocycles. The molecule has 5 nitrogen and oxygen atoms in total.